The normalized spacial score (nSPS) is 11.7. The van der Waals surface area contributed by atoms with Gasteiger partial charge in [0.25, 0.3) is 5.91 Å². The number of carbonyl (C=O) groups is 1. The second-order valence-electron chi connectivity index (χ2n) is 6.81. The summed E-state index contributed by atoms with van der Waals surface area (Å²) in [5.41, 5.74) is 1.62. The molecule has 1 unspecified atom stereocenters. The van der Waals surface area contributed by atoms with Gasteiger partial charge in [-0.05, 0) is 48.2 Å². The van der Waals surface area contributed by atoms with Crippen molar-refractivity contribution in [2.75, 3.05) is 27.4 Å². The van der Waals surface area contributed by atoms with Crippen molar-refractivity contribution in [1.82, 2.24) is 5.32 Å². The lowest BCUT2D eigenvalue weighted by molar-refractivity contribution is 0.0937. The van der Waals surface area contributed by atoms with E-state index in [9.17, 15) is 4.79 Å². The largest absolute Gasteiger partial charge is 0.493 e. The highest BCUT2D eigenvalue weighted by atomic mass is 32.2. The molecule has 0 fully saturated rings. The number of hydrogen-bond donors (Lipinski definition) is 1. The number of methoxy groups -OCH3 is 2. The third-order valence-electron chi connectivity index (χ3n) is 4.66. The van der Waals surface area contributed by atoms with Crippen molar-refractivity contribution in [3.63, 3.8) is 0 Å². The van der Waals surface area contributed by atoms with E-state index in [-0.39, 0.29) is 11.9 Å². The predicted octanol–water partition coefficient (Wildman–Crippen LogP) is 5.57. The summed E-state index contributed by atoms with van der Waals surface area (Å²) in [4.78, 5) is 15.3. The third-order valence-corrected chi connectivity index (χ3v) is 6.84. The summed E-state index contributed by atoms with van der Waals surface area (Å²) < 4.78 is 16.2. The molecular formula is C24H27NO4S2. The number of carbonyl (C=O) groups excluding carboxylic acids is 1. The van der Waals surface area contributed by atoms with Crippen LogP contribution >= 0.6 is 23.1 Å². The molecule has 0 radical (unpaired) electrons. The van der Waals surface area contributed by atoms with E-state index in [1.807, 2.05) is 55.5 Å². The van der Waals surface area contributed by atoms with Gasteiger partial charge in [0.15, 0.2) is 11.5 Å². The monoisotopic (exact) mass is 457 g/mol. The molecule has 1 amide bonds. The van der Waals surface area contributed by atoms with E-state index in [0.29, 0.717) is 30.3 Å². The van der Waals surface area contributed by atoms with E-state index in [4.69, 9.17) is 14.2 Å². The van der Waals surface area contributed by atoms with Gasteiger partial charge in [-0.3, -0.25) is 4.79 Å². The van der Waals surface area contributed by atoms with Crippen LogP contribution in [0, 0.1) is 0 Å². The van der Waals surface area contributed by atoms with Gasteiger partial charge in [-0.15, -0.1) is 23.1 Å². The highest BCUT2D eigenvalue weighted by Crippen LogP contribution is 2.31. The second kappa shape index (κ2) is 11.8. The Morgan fingerprint density at radius 1 is 1.06 bits per heavy atom. The van der Waals surface area contributed by atoms with Crippen LogP contribution in [0.15, 0.2) is 64.9 Å². The summed E-state index contributed by atoms with van der Waals surface area (Å²) >= 11 is 3.40. The van der Waals surface area contributed by atoms with Gasteiger partial charge in [0.05, 0.1) is 25.3 Å². The van der Waals surface area contributed by atoms with Crippen LogP contribution in [-0.4, -0.2) is 33.3 Å². The summed E-state index contributed by atoms with van der Waals surface area (Å²) in [6.07, 6.45) is 0. The van der Waals surface area contributed by atoms with Crippen LogP contribution in [0.3, 0.4) is 0 Å². The zero-order valence-electron chi connectivity index (χ0n) is 17.9. The fraction of sp³-hybridized carbons (Fsp3) is 0.292. The first-order valence-corrected chi connectivity index (χ1v) is 11.8. The van der Waals surface area contributed by atoms with E-state index in [2.05, 4.69) is 16.8 Å². The topological polar surface area (TPSA) is 56.8 Å². The maximum atomic E-state index is 13.0. The van der Waals surface area contributed by atoms with Gasteiger partial charge in [0.1, 0.15) is 6.61 Å². The zero-order valence-corrected chi connectivity index (χ0v) is 19.6. The van der Waals surface area contributed by atoms with E-state index < -0.39 is 0 Å². The first-order valence-electron chi connectivity index (χ1n) is 9.97. The summed E-state index contributed by atoms with van der Waals surface area (Å²) in [6.45, 7) is 2.90. The van der Waals surface area contributed by atoms with E-state index >= 15 is 0 Å². The summed E-state index contributed by atoms with van der Waals surface area (Å²) in [7, 11) is 3.24. The summed E-state index contributed by atoms with van der Waals surface area (Å²) in [6, 6.07) is 17.4. The minimum absolute atomic E-state index is 0.0961. The first kappa shape index (κ1) is 23.2. The molecule has 0 saturated heterocycles. The average molecular weight is 458 g/mol. The number of ether oxygens (including phenoxy) is 3. The molecule has 5 nitrogen and oxygen atoms in total. The van der Waals surface area contributed by atoms with Crippen molar-refractivity contribution in [2.45, 2.75) is 23.6 Å². The fourth-order valence-electron chi connectivity index (χ4n) is 2.99. The second-order valence-corrected chi connectivity index (χ2v) is 8.86. The van der Waals surface area contributed by atoms with Crippen LogP contribution < -0.4 is 14.8 Å². The number of benzene rings is 2. The Labute approximate surface area is 191 Å². The van der Waals surface area contributed by atoms with Crippen LogP contribution in [0.1, 0.15) is 33.8 Å². The Hall–Kier alpha value is -2.48. The minimum Gasteiger partial charge on any atom is -0.493 e. The van der Waals surface area contributed by atoms with Gasteiger partial charge in [0.2, 0.25) is 0 Å². The fourth-order valence-corrected chi connectivity index (χ4v) is 4.81. The zero-order chi connectivity index (χ0) is 22.1. The average Bonchev–Trinajstić information content (AvgIpc) is 3.31. The van der Waals surface area contributed by atoms with Crippen LogP contribution in [0.4, 0.5) is 0 Å². The summed E-state index contributed by atoms with van der Waals surface area (Å²) in [5, 5.41) is 5.17. The SMILES string of the molecule is COCCOc1ccc(C(C)NC(=O)c2ccccc2SCc2cccs2)cc1OC. The molecule has 1 aromatic heterocycles. The van der Waals surface area contributed by atoms with Crippen LogP contribution in [-0.2, 0) is 10.5 Å². The molecule has 1 atom stereocenters. The number of amides is 1. The van der Waals surface area contributed by atoms with Crippen molar-refractivity contribution in [3.8, 4) is 11.5 Å². The number of nitrogens with one attached hydrogen (secondary N) is 1. The molecule has 2 aromatic carbocycles. The van der Waals surface area contributed by atoms with Crippen LogP contribution in [0.2, 0.25) is 0 Å². The van der Waals surface area contributed by atoms with E-state index in [1.54, 1.807) is 37.3 Å². The Morgan fingerprint density at radius 3 is 2.65 bits per heavy atom. The van der Waals surface area contributed by atoms with Gasteiger partial charge < -0.3 is 19.5 Å². The quantitative estimate of drug-likeness (QED) is 0.302. The van der Waals surface area contributed by atoms with Gasteiger partial charge in [-0.25, -0.2) is 0 Å². The molecule has 3 rings (SSSR count). The Bertz CT molecular complexity index is 975. The molecule has 0 spiro atoms. The lowest BCUT2D eigenvalue weighted by atomic mass is 10.1. The molecule has 0 aliphatic carbocycles. The molecule has 1 heterocycles. The molecule has 7 heteroatoms. The number of rotatable bonds is 11. The van der Waals surface area contributed by atoms with Crippen molar-refractivity contribution >= 4 is 29.0 Å². The number of thiophene rings is 1. The Kier molecular flexibility index (Phi) is 8.82. The molecule has 0 aliphatic rings. The van der Waals surface area contributed by atoms with Crippen LogP contribution in [0.25, 0.3) is 0 Å². The maximum absolute atomic E-state index is 13.0. The molecule has 1 N–H and O–H groups in total. The molecule has 0 aliphatic heterocycles. The minimum atomic E-state index is -0.190. The molecule has 31 heavy (non-hydrogen) atoms. The Balaban J connectivity index is 1.67. The molecule has 164 valence electrons. The van der Waals surface area contributed by atoms with Crippen molar-refractivity contribution in [2.24, 2.45) is 0 Å². The highest BCUT2D eigenvalue weighted by Gasteiger charge is 2.17. The van der Waals surface area contributed by atoms with Gasteiger partial charge in [0, 0.05) is 22.6 Å². The molecule has 3 aromatic rings. The highest BCUT2D eigenvalue weighted by molar-refractivity contribution is 7.98. The van der Waals surface area contributed by atoms with Crippen molar-refractivity contribution < 1.29 is 19.0 Å². The molecular weight excluding hydrogens is 430 g/mol. The lowest BCUT2D eigenvalue weighted by Crippen LogP contribution is -2.27. The van der Waals surface area contributed by atoms with Gasteiger partial charge in [-0.2, -0.15) is 0 Å². The van der Waals surface area contributed by atoms with Crippen molar-refractivity contribution in [1.29, 1.82) is 0 Å². The van der Waals surface area contributed by atoms with Crippen molar-refractivity contribution in [3.05, 3.63) is 76.0 Å². The molecule has 0 saturated carbocycles. The Morgan fingerprint density at radius 2 is 1.90 bits per heavy atom. The standard InChI is InChI=1S/C24H27NO4S2/c1-17(18-10-11-21(22(15-18)28-3)29-13-12-27-2)25-24(26)20-8-4-5-9-23(20)31-16-19-7-6-14-30-19/h4-11,14-15,17H,12-13,16H2,1-3H3,(H,25,26). The van der Waals surface area contributed by atoms with E-state index in [1.165, 1.54) is 4.88 Å². The first-order chi connectivity index (χ1) is 15.1. The number of hydrogen-bond acceptors (Lipinski definition) is 6. The third kappa shape index (κ3) is 6.50. The smallest absolute Gasteiger partial charge is 0.252 e. The van der Waals surface area contributed by atoms with E-state index in [0.717, 1.165) is 16.2 Å². The van der Waals surface area contributed by atoms with Gasteiger partial charge >= 0.3 is 0 Å². The number of thioether (sulfide) groups is 1. The molecule has 0 bridgehead atoms. The van der Waals surface area contributed by atoms with Gasteiger partial charge in [-0.1, -0.05) is 24.3 Å². The predicted molar refractivity (Wildman–Crippen MR) is 127 cm³/mol. The lowest BCUT2D eigenvalue weighted by Gasteiger charge is -2.18. The summed E-state index contributed by atoms with van der Waals surface area (Å²) in [5.74, 6) is 2.03. The maximum Gasteiger partial charge on any atom is 0.252 e. The van der Waals surface area contributed by atoms with Crippen LogP contribution in [0.5, 0.6) is 11.5 Å².